The molecule has 1 saturated heterocycles. The average Bonchev–Trinajstić information content (AvgIpc) is 2.34. The summed E-state index contributed by atoms with van der Waals surface area (Å²) in [5.74, 6) is 0.655. The van der Waals surface area contributed by atoms with Crippen molar-refractivity contribution in [1.82, 2.24) is 10.2 Å². The molecule has 1 unspecified atom stereocenters. The number of nitrogens with one attached hydrogen (secondary N) is 1. The molecule has 18 heavy (non-hydrogen) atoms. The van der Waals surface area contributed by atoms with Crippen LogP contribution in [0.2, 0.25) is 0 Å². The number of carbonyl (C=O) groups excluding carboxylic acids is 1. The summed E-state index contributed by atoms with van der Waals surface area (Å²) in [5.41, 5.74) is 0. The van der Waals surface area contributed by atoms with Crippen LogP contribution < -0.4 is 5.32 Å². The van der Waals surface area contributed by atoms with Crippen LogP contribution in [0.15, 0.2) is 11.5 Å². The zero-order chi connectivity index (χ0) is 12.8. The quantitative estimate of drug-likeness (QED) is 0.849. The number of piperidine rings is 1. The van der Waals surface area contributed by atoms with Gasteiger partial charge in [-0.25, -0.2) is 4.79 Å². The van der Waals surface area contributed by atoms with Crippen molar-refractivity contribution in [2.75, 3.05) is 19.3 Å². The van der Waals surface area contributed by atoms with Crippen LogP contribution in [0.1, 0.15) is 38.5 Å². The third-order valence-electron chi connectivity index (χ3n) is 4.01. The van der Waals surface area contributed by atoms with Crippen LogP contribution in [0.5, 0.6) is 0 Å². The number of rotatable bonds is 4. The molecule has 3 nitrogen and oxygen atoms in total. The minimum Gasteiger partial charge on any atom is -0.331 e. The van der Waals surface area contributed by atoms with Gasteiger partial charge in [0, 0.05) is 13.1 Å². The van der Waals surface area contributed by atoms with Crippen LogP contribution in [-0.4, -0.2) is 36.3 Å². The van der Waals surface area contributed by atoms with Crippen LogP contribution in [0.25, 0.3) is 0 Å². The zero-order valence-electron chi connectivity index (χ0n) is 11.2. The number of nitrogens with zero attached hydrogens (tertiary/aromatic N) is 1. The molecule has 0 aromatic heterocycles. The second kappa shape index (κ2) is 7.07. The Labute approximate surface area is 114 Å². The fourth-order valence-electron chi connectivity index (χ4n) is 2.62. The van der Waals surface area contributed by atoms with Crippen molar-refractivity contribution in [3.8, 4) is 0 Å². The standard InChI is InChI=1S/C14H24N2OS/c1-18-11-8-13(12-6-5-7-12)15-14(17)16-9-3-2-4-10-16/h8,11-13H,2-7,9-10H2,1H3,(H,15,17)/b11-8+. The number of hydrogen-bond donors (Lipinski definition) is 1. The van der Waals surface area contributed by atoms with Gasteiger partial charge in [-0.15, -0.1) is 11.8 Å². The lowest BCUT2D eigenvalue weighted by Gasteiger charge is -2.35. The maximum atomic E-state index is 12.2. The van der Waals surface area contributed by atoms with Crippen molar-refractivity contribution in [3.05, 3.63) is 11.5 Å². The highest BCUT2D eigenvalue weighted by Gasteiger charge is 2.28. The van der Waals surface area contributed by atoms with E-state index in [1.165, 1.54) is 25.7 Å². The molecule has 0 radical (unpaired) electrons. The summed E-state index contributed by atoms with van der Waals surface area (Å²) in [6.45, 7) is 1.85. The molecular weight excluding hydrogens is 244 g/mol. The van der Waals surface area contributed by atoms with Crippen LogP contribution >= 0.6 is 11.8 Å². The summed E-state index contributed by atoms with van der Waals surface area (Å²) in [4.78, 5) is 14.2. The summed E-state index contributed by atoms with van der Waals surface area (Å²) in [5, 5.41) is 5.31. The molecule has 102 valence electrons. The lowest BCUT2D eigenvalue weighted by molar-refractivity contribution is 0.174. The fraction of sp³-hybridized carbons (Fsp3) is 0.786. The fourth-order valence-corrected chi connectivity index (χ4v) is 2.94. The van der Waals surface area contributed by atoms with Crippen LogP contribution in [0.3, 0.4) is 0 Å². The SMILES string of the molecule is CS/C=C/C(NC(=O)N1CCCCC1)C1CCC1. The Morgan fingerprint density at radius 3 is 2.56 bits per heavy atom. The highest BCUT2D eigenvalue weighted by atomic mass is 32.2. The maximum absolute atomic E-state index is 12.2. The van der Waals surface area contributed by atoms with Crippen molar-refractivity contribution in [2.24, 2.45) is 5.92 Å². The summed E-state index contributed by atoms with van der Waals surface area (Å²) >= 11 is 1.70. The number of urea groups is 1. The summed E-state index contributed by atoms with van der Waals surface area (Å²) in [6, 6.07) is 0.373. The van der Waals surface area contributed by atoms with Crippen LogP contribution in [0.4, 0.5) is 4.79 Å². The summed E-state index contributed by atoms with van der Waals surface area (Å²) in [6.07, 6.45) is 11.6. The molecule has 0 bridgehead atoms. The van der Waals surface area contributed by atoms with Gasteiger partial charge in [-0.3, -0.25) is 0 Å². The van der Waals surface area contributed by atoms with Gasteiger partial charge in [0.1, 0.15) is 0 Å². The molecule has 1 saturated carbocycles. The Morgan fingerprint density at radius 2 is 2.00 bits per heavy atom. The predicted molar refractivity (Wildman–Crippen MR) is 77.7 cm³/mol. The van der Waals surface area contributed by atoms with E-state index in [1.54, 1.807) is 11.8 Å². The van der Waals surface area contributed by atoms with E-state index in [9.17, 15) is 4.79 Å². The normalized spacial score (nSPS) is 22.8. The van der Waals surface area contributed by atoms with E-state index >= 15 is 0 Å². The highest BCUT2D eigenvalue weighted by Crippen LogP contribution is 2.30. The minimum absolute atomic E-state index is 0.136. The summed E-state index contributed by atoms with van der Waals surface area (Å²) < 4.78 is 0. The van der Waals surface area contributed by atoms with Crippen molar-refractivity contribution < 1.29 is 4.79 Å². The molecule has 1 aliphatic carbocycles. The van der Waals surface area contributed by atoms with Gasteiger partial charge in [0.15, 0.2) is 0 Å². The predicted octanol–water partition coefficient (Wildman–Crippen LogP) is 3.23. The minimum atomic E-state index is 0.136. The van der Waals surface area contributed by atoms with Gasteiger partial charge in [0.2, 0.25) is 0 Å². The first-order valence-corrected chi connectivity index (χ1v) is 8.35. The lowest BCUT2D eigenvalue weighted by atomic mass is 9.80. The smallest absolute Gasteiger partial charge is 0.317 e. The molecule has 0 spiro atoms. The van der Waals surface area contributed by atoms with Crippen molar-refractivity contribution in [2.45, 2.75) is 44.6 Å². The first-order chi connectivity index (χ1) is 8.81. The monoisotopic (exact) mass is 268 g/mol. The molecule has 2 rings (SSSR count). The number of thioether (sulfide) groups is 1. The third kappa shape index (κ3) is 3.67. The van der Waals surface area contributed by atoms with E-state index in [4.69, 9.17) is 0 Å². The molecule has 0 aromatic rings. The molecule has 1 heterocycles. The van der Waals surface area contributed by atoms with E-state index < -0.39 is 0 Å². The molecule has 1 atom stereocenters. The molecule has 2 amide bonds. The first kappa shape index (κ1) is 13.8. The molecule has 4 heteroatoms. The van der Waals surface area contributed by atoms with Gasteiger partial charge in [-0.05, 0) is 49.7 Å². The highest BCUT2D eigenvalue weighted by molar-refractivity contribution is 8.01. The molecule has 1 aliphatic heterocycles. The largest absolute Gasteiger partial charge is 0.331 e. The molecule has 2 fully saturated rings. The zero-order valence-corrected chi connectivity index (χ0v) is 12.0. The van der Waals surface area contributed by atoms with Crippen molar-refractivity contribution >= 4 is 17.8 Å². The van der Waals surface area contributed by atoms with Gasteiger partial charge in [-0.1, -0.05) is 12.5 Å². The van der Waals surface area contributed by atoms with Gasteiger partial charge < -0.3 is 10.2 Å². The van der Waals surface area contributed by atoms with Gasteiger partial charge in [0.05, 0.1) is 6.04 Å². The summed E-state index contributed by atoms with van der Waals surface area (Å²) in [7, 11) is 0. The Balaban J connectivity index is 1.86. The average molecular weight is 268 g/mol. The van der Waals surface area contributed by atoms with Gasteiger partial charge >= 0.3 is 6.03 Å². The van der Waals surface area contributed by atoms with E-state index in [0.717, 1.165) is 25.9 Å². The van der Waals surface area contributed by atoms with E-state index in [0.29, 0.717) is 5.92 Å². The topological polar surface area (TPSA) is 32.3 Å². The van der Waals surface area contributed by atoms with Crippen molar-refractivity contribution in [3.63, 3.8) is 0 Å². The number of amides is 2. The Morgan fingerprint density at radius 1 is 1.28 bits per heavy atom. The molecule has 2 aliphatic rings. The van der Waals surface area contributed by atoms with Gasteiger partial charge in [-0.2, -0.15) is 0 Å². The Kier molecular flexibility index (Phi) is 5.42. The van der Waals surface area contributed by atoms with E-state index in [-0.39, 0.29) is 12.1 Å². The van der Waals surface area contributed by atoms with Crippen LogP contribution in [0, 0.1) is 5.92 Å². The number of hydrogen-bond acceptors (Lipinski definition) is 2. The van der Waals surface area contributed by atoms with Crippen molar-refractivity contribution in [1.29, 1.82) is 0 Å². The Hall–Kier alpha value is -0.640. The second-order valence-corrected chi connectivity index (χ2v) is 6.02. The molecular formula is C14H24N2OS. The maximum Gasteiger partial charge on any atom is 0.317 e. The third-order valence-corrected chi connectivity index (χ3v) is 4.44. The van der Waals surface area contributed by atoms with Gasteiger partial charge in [0.25, 0.3) is 0 Å². The van der Waals surface area contributed by atoms with E-state index in [1.807, 2.05) is 4.90 Å². The first-order valence-electron chi connectivity index (χ1n) is 7.06. The molecule has 1 N–H and O–H groups in total. The second-order valence-electron chi connectivity index (χ2n) is 5.28. The Bertz CT molecular complexity index is 296. The lowest BCUT2D eigenvalue weighted by Crippen LogP contribution is -2.49. The number of carbonyl (C=O) groups is 1. The van der Waals surface area contributed by atoms with E-state index in [2.05, 4.69) is 23.1 Å². The molecule has 0 aromatic carbocycles. The van der Waals surface area contributed by atoms with Crippen LogP contribution in [-0.2, 0) is 0 Å². The number of likely N-dealkylation sites (tertiary alicyclic amines) is 1.